The van der Waals surface area contributed by atoms with Gasteiger partial charge >= 0.3 is 0 Å². The molecule has 0 aromatic carbocycles. The van der Waals surface area contributed by atoms with Crippen LogP contribution in [0.4, 0.5) is 5.69 Å². The lowest BCUT2D eigenvalue weighted by molar-refractivity contribution is 0.0730. The molecule has 0 fully saturated rings. The van der Waals surface area contributed by atoms with Gasteiger partial charge in [-0.25, -0.2) is 0 Å². The first-order valence-electron chi connectivity index (χ1n) is 8.10. The van der Waals surface area contributed by atoms with Gasteiger partial charge in [0.2, 0.25) is 0 Å². The van der Waals surface area contributed by atoms with Crippen LogP contribution in [0.5, 0.6) is 0 Å². The molecule has 21 heavy (non-hydrogen) atoms. The van der Waals surface area contributed by atoms with Crippen molar-refractivity contribution >= 4 is 11.6 Å². The van der Waals surface area contributed by atoms with Gasteiger partial charge < -0.3 is 15.2 Å². The molecule has 0 radical (unpaired) electrons. The lowest BCUT2D eigenvalue weighted by Gasteiger charge is -2.25. The molecule has 1 heterocycles. The SMILES string of the molecule is CCn1cc(N)cc1C(=O)N(CCC(C)C)CCC(C)C. The summed E-state index contributed by atoms with van der Waals surface area (Å²) in [4.78, 5) is 14.8. The van der Waals surface area contributed by atoms with E-state index in [2.05, 4.69) is 27.7 Å². The third-order valence-corrected chi connectivity index (χ3v) is 3.72. The molecule has 1 rings (SSSR count). The molecule has 2 N–H and O–H groups in total. The summed E-state index contributed by atoms with van der Waals surface area (Å²) >= 11 is 0. The number of carbonyl (C=O) groups excluding carboxylic acids is 1. The van der Waals surface area contributed by atoms with E-state index in [1.807, 2.05) is 22.6 Å². The quantitative estimate of drug-likeness (QED) is 0.796. The predicted octanol–water partition coefficient (Wildman–Crippen LogP) is 3.62. The first kappa shape index (κ1) is 17.6. The monoisotopic (exact) mass is 293 g/mol. The molecule has 0 unspecified atom stereocenters. The summed E-state index contributed by atoms with van der Waals surface area (Å²) in [6.07, 6.45) is 3.91. The van der Waals surface area contributed by atoms with Gasteiger partial charge in [0, 0.05) is 25.8 Å². The minimum Gasteiger partial charge on any atom is -0.397 e. The van der Waals surface area contributed by atoms with Crippen LogP contribution >= 0.6 is 0 Å². The lowest BCUT2D eigenvalue weighted by atomic mass is 10.1. The number of hydrogen-bond donors (Lipinski definition) is 1. The third-order valence-electron chi connectivity index (χ3n) is 3.72. The summed E-state index contributed by atoms with van der Waals surface area (Å²) in [5.41, 5.74) is 7.22. The molecular formula is C17H31N3O. The Morgan fingerprint density at radius 2 is 1.71 bits per heavy atom. The molecule has 0 aliphatic carbocycles. The Balaban J connectivity index is 2.86. The van der Waals surface area contributed by atoms with Crippen LogP contribution in [0.15, 0.2) is 12.3 Å². The van der Waals surface area contributed by atoms with Crippen molar-refractivity contribution in [2.75, 3.05) is 18.8 Å². The summed E-state index contributed by atoms with van der Waals surface area (Å²) in [6.45, 7) is 13.2. The van der Waals surface area contributed by atoms with E-state index in [4.69, 9.17) is 5.73 Å². The van der Waals surface area contributed by atoms with Crippen molar-refractivity contribution in [1.29, 1.82) is 0 Å². The highest BCUT2D eigenvalue weighted by molar-refractivity contribution is 5.93. The average molecular weight is 293 g/mol. The van der Waals surface area contributed by atoms with Gasteiger partial charge in [-0.15, -0.1) is 0 Å². The van der Waals surface area contributed by atoms with Crippen LogP contribution in [0.1, 0.15) is 57.9 Å². The molecule has 120 valence electrons. The zero-order valence-corrected chi connectivity index (χ0v) is 14.2. The molecule has 0 saturated heterocycles. The maximum absolute atomic E-state index is 12.8. The Kier molecular flexibility index (Phi) is 6.79. The summed E-state index contributed by atoms with van der Waals surface area (Å²) in [5, 5.41) is 0. The summed E-state index contributed by atoms with van der Waals surface area (Å²) in [6, 6.07) is 1.80. The van der Waals surface area contributed by atoms with Crippen LogP contribution in [-0.4, -0.2) is 28.5 Å². The molecule has 0 atom stereocenters. The Hall–Kier alpha value is -1.45. The Bertz CT molecular complexity index is 437. The van der Waals surface area contributed by atoms with Crippen LogP contribution in [0, 0.1) is 11.8 Å². The van der Waals surface area contributed by atoms with Gasteiger partial charge in [-0.05, 0) is 37.7 Å². The molecule has 0 saturated carbocycles. The van der Waals surface area contributed by atoms with Crippen LogP contribution in [0.2, 0.25) is 0 Å². The van der Waals surface area contributed by atoms with Gasteiger partial charge in [-0.2, -0.15) is 0 Å². The van der Waals surface area contributed by atoms with Gasteiger partial charge in [0.1, 0.15) is 5.69 Å². The standard InChI is InChI=1S/C17H31N3O/c1-6-19-12-15(18)11-16(19)17(21)20(9-7-13(2)3)10-8-14(4)5/h11-14H,6-10,18H2,1-5H3. The van der Waals surface area contributed by atoms with Crippen molar-refractivity contribution < 1.29 is 4.79 Å². The number of aryl methyl sites for hydroxylation is 1. The van der Waals surface area contributed by atoms with E-state index in [0.717, 1.165) is 32.5 Å². The second-order valence-corrected chi connectivity index (χ2v) is 6.60. The van der Waals surface area contributed by atoms with Gasteiger partial charge in [0.15, 0.2) is 0 Å². The van der Waals surface area contributed by atoms with E-state index in [1.165, 1.54) is 0 Å². The zero-order chi connectivity index (χ0) is 16.0. The van der Waals surface area contributed by atoms with Crippen LogP contribution in [-0.2, 0) is 6.54 Å². The normalized spacial score (nSPS) is 11.4. The first-order valence-corrected chi connectivity index (χ1v) is 8.10. The van der Waals surface area contributed by atoms with Gasteiger partial charge in [0.05, 0.1) is 5.69 Å². The third kappa shape index (κ3) is 5.44. The second-order valence-electron chi connectivity index (χ2n) is 6.60. The van der Waals surface area contributed by atoms with E-state index in [9.17, 15) is 4.79 Å². The van der Waals surface area contributed by atoms with Gasteiger partial charge in [-0.1, -0.05) is 27.7 Å². The molecule has 0 spiro atoms. The lowest BCUT2D eigenvalue weighted by Crippen LogP contribution is -2.35. The van der Waals surface area contributed by atoms with E-state index in [1.54, 1.807) is 6.07 Å². The van der Waals surface area contributed by atoms with E-state index < -0.39 is 0 Å². The predicted molar refractivity (Wildman–Crippen MR) is 89.3 cm³/mol. The fourth-order valence-electron chi connectivity index (χ4n) is 2.28. The number of anilines is 1. The topological polar surface area (TPSA) is 51.3 Å². The minimum absolute atomic E-state index is 0.106. The largest absolute Gasteiger partial charge is 0.397 e. The van der Waals surface area contributed by atoms with Gasteiger partial charge in [-0.3, -0.25) is 4.79 Å². The highest BCUT2D eigenvalue weighted by Gasteiger charge is 2.20. The van der Waals surface area contributed by atoms with Crippen molar-refractivity contribution in [3.05, 3.63) is 18.0 Å². The van der Waals surface area contributed by atoms with Crippen molar-refractivity contribution in [3.8, 4) is 0 Å². The Morgan fingerprint density at radius 1 is 1.19 bits per heavy atom. The van der Waals surface area contributed by atoms with Crippen molar-refractivity contribution in [1.82, 2.24) is 9.47 Å². The summed E-state index contributed by atoms with van der Waals surface area (Å²) in [5.74, 6) is 1.31. The molecule has 1 aromatic rings. The average Bonchev–Trinajstić information content (AvgIpc) is 2.78. The van der Waals surface area contributed by atoms with E-state index in [0.29, 0.717) is 23.2 Å². The fraction of sp³-hybridized carbons (Fsp3) is 0.706. The molecule has 1 amide bonds. The van der Waals surface area contributed by atoms with E-state index in [-0.39, 0.29) is 5.91 Å². The molecule has 0 aliphatic heterocycles. The highest BCUT2D eigenvalue weighted by atomic mass is 16.2. The Labute approximate surface area is 129 Å². The van der Waals surface area contributed by atoms with Gasteiger partial charge in [0.25, 0.3) is 5.91 Å². The number of rotatable bonds is 8. The number of nitrogens with two attached hydrogens (primary N) is 1. The van der Waals surface area contributed by atoms with E-state index >= 15 is 0 Å². The van der Waals surface area contributed by atoms with Crippen LogP contribution in [0.3, 0.4) is 0 Å². The maximum atomic E-state index is 12.8. The first-order chi connectivity index (χ1) is 9.85. The minimum atomic E-state index is 0.106. The smallest absolute Gasteiger partial charge is 0.270 e. The number of nitrogen functional groups attached to an aromatic ring is 1. The van der Waals surface area contributed by atoms with Crippen molar-refractivity contribution in [3.63, 3.8) is 0 Å². The molecule has 0 aliphatic rings. The highest BCUT2D eigenvalue weighted by Crippen LogP contribution is 2.15. The number of hydrogen-bond acceptors (Lipinski definition) is 2. The zero-order valence-electron chi connectivity index (χ0n) is 14.2. The molecular weight excluding hydrogens is 262 g/mol. The molecule has 4 nitrogen and oxygen atoms in total. The number of amides is 1. The number of aromatic nitrogens is 1. The fourth-order valence-corrected chi connectivity index (χ4v) is 2.28. The van der Waals surface area contributed by atoms with Crippen LogP contribution in [0.25, 0.3) is 0 Å². The van der Waals surface area contributed by atoms with Crippen molar-refractivity contribution in [2.45, 2.75) is 54.0 Å². The molecule has 0 bridgehead atoms. The molecule has 1 aromatic heterocycles. The summed E-state index contributed by atoms with van der Waals surface area (Å²) in [7, 11) is 0. The Morgan fingerprint density at radius 3 is 2.14 bits per heavy atom. The van der Waals surface area contributed by atoms with Crippen molar-refractivity contribution in [2.24, 2.45) is 11.8 Å². The second kappa shape index (κ2) is 8.11. The number of carbonyl (C=O) groups is 1. The summed E-state index contributed by atoms with van der Waals surface area (Å²) < 4.78 is 1.94. The van der Waals surface area contributed by atoms with Crippen LogP contribution < -0.4 is 5.73 Å². The number of nitrogens with zero attached hydrogens (tertiary/aromatic N) is 2. The maximum Gasteiger partial charge on any atom is 0.270 e. The molecule has 4 heteroatoms.